The predicted octanol–water partition coefficient (Wildman–Crippen LogP) is 2.36. The number of amides is 1. The lowest BCUT2D eigenvalue weighted by Gasteiger charge is -2.24. The number of hydrogen-bond acceptors (Lipinski definition) is 3. The molecular weight excluding hydrogens is 257 g/mol. The summed E-state index contributed by atoms with van der Waals surface area (Å²) in [7, 11) is 1.85. The van der Waals surface area contributed by atoms with Gasteiger partial charge in [0.1, 0.15) is 5.82 Å². The number of carbonyl (C=O) groups is 1. The lowest BCUT2D eigenvalue weighted by atomic mass is 10.2. The Balaban J connectivity index is 2.07. The second kappa shape index (κ2) is 6.22. The van der Waals surface area contributed by atoms with Crippen molar-refractivity contribution in [2.24, 2.45) is 0 Å². The second-order valence-electron chi connectivity index (χ2n) is 5.51. The quantitative estimate of drug-likeness (QED) is 0.889. The van der Waals surface area contributed by atoms with Gasteiger partial charge in [0.25, 0.3) is 0 Å². The molecule has 0 aliphatic carbocycles. The maximum atomic E-state index is 14.1. The summed E-state index contributed by atoms with van der Waals surface area (Å²) >= 11 is 0. The Morgan fingerprint density at radius 2 is 2.25 bits per heavy atom. The summed E-state index contributed by atoms with van der Waals surface area (Å²) in [6.45, 7) is 4.87. The van der Waals surface area contributed by atoms with Gasteiger partial charge in [-0.05, 0) is 51.4 Å². The van der Waals surface area contributed by atoms with E-state index in [1.165, 1.54) is 6.07 Å². The van der Waals surface area contributed by atoms with E-state index in [1.54, 1.807) is 12.1 Å². The Hall–Kier alpha value is -1.62. The summed E-state index contributed by atoms with van der Waals surface area (Å²) in [6.07, 6.45) is 1.84. The molecule has 110 valence electrons. The highest BCUT2D eigenvalue weighted by molar-refractivity contribution is 5.95. The molecule has 1 aliphatic heterocycles. The van der Waals surface area contributed by atoms with E-state index >= 15 is 0 Å². The molecule has 0 saturated carbocycles. The number of anilines is 2. The van der Waals surface area contributed by atoms with E-state index in [1.807, 2.05) is 25.8 Å². The van der Waals surface area contributed by atoms with E-state index in [0.29, 0.717) is 11.4 Å². The first kappa shape index (κ1) is 14.8. The van der Waals surface area contributed by atoms with Gasteiger partial charge < -0.3 is 15.5 Å². The summed E-state index contributed by atoms with van der Waals surface area (Å²) in [5.41, 5.74) is 1.04. The van der Waals surface area contributed by atoms with Crippen LogP contribution < -0.4 is 15.5 Å². The van der Waals surface area contributed by atoms with Crippen LogP contribution in [-0.4, -0.2) is 31.6 Å². The van der Waals surface area contributed by atoms with E-state index in [0.717, 1.165) is 19.4 Å². The Labute approximate surface area is 119 Å². The van der Waals surface area contributed by atoms with Crippen LogP contribution in [0.15, 0.2) is 18.2 Å². The molecule has 5 heteroatoms. The SMILES string of the molecule is CC(C)N(C)c1ccc(NC(=O)[C@H]2CCCN2)cc1F. The van der Waals surface area contributed by atoms with Crippen LogP contribution in [0.25, 0.3) is 0 Å². The minimum Gasteiger partial charge on any atom is -0.370 e. The summed E-state index contributed by atoms with van der Waals surface area (Å²) < 4.78 is 14.1. The van der Waals surface area contributed by atoms with Crippen molar-refractivity contribution in [2.75, 3.05) is 23.8 Å². The third-order valence-corrected chi connectivity index (χ3v) is 3.75. The van der Waals surface area contributed by atoms with Crippen LogP contribution in [0.5, 0.6) is 0 Å². The van der Waals surface area contributed by atoms with Gasteiger partial charge in [0.05, 0.1) is 11.7 Å². The van der Waals surface area contributed by atoms with Crippen molar-refractivity contribution in [1.29, 1.82) is 0 Å². The van der Waals surface area contributed by atoms with E-state index in [2.05, 4.69) is 10.6 Å². The monoisotopic (exact) mass is 279 g/mol. The van der Waals surface area contributed by atoms with E-state index in [-0.39, 0.29) is 23.8 Å². The Morgan fingerprint density at radius 3 is 2.80 bits per heavy atom. The fourth-order valence-electron chi connectivity index (χ4n) is 2.29. The van der Waals surface area contributed by atoms with Gasteiger partial charge in [-0.2, -0.15) is 0 Å². The van der Waals surface area contributed by atoms with Gasteiger partial charge >= 0.3 is 0 Å². The Bertz CT molecular complexity index is 484. The highest BCUT2D eigenvalue weighted by atomic mass is 19.1. The first-order chi connectivity index (χ1) is 9.49. The molecule has 2 rings (SSSR count). The number of nitrogens with one attached hydrogen (secondary N) is 2. The smallest absolute Gasteiger partial charge is 0.241 e. The number of carbonyl (C=O) groups excluding carboxylic acids is 1. The minimum absolute atomic E-state index is 0.0909. The van der Waals surface area contributed by atoms with Crippen LogP contribution in [0.2, 0.25) is 0 Å². The molecule has 1 saturated heterocycles. The molecule has 1 aromatic carbocycles. The standard InChI is InChI=1S/C15H22FN3O/c1-10(2)19(3)14-7-6-11(9-12(14)16)18-15(20)13-5-4-8-17-13/h6-7,9-10,13,17H,4-5,8H2,1-3H3,(H,18,20)/t13-/m1/s1. The third kappa shape index (κ3) is 3.28. The molecule has 2 N–H and O–H groups in total. The summed E-state index contributed by atoms with van der Waals surface area (Å²) in [4.78, 5) is 13.8. The van der Waals surface area contributed by atoms with Gasteiger partial charge in [0, 0.05) is 18.8 Å². The molecule has 20 heavy (non-hydrogen) atoms. The lowest BCUT2D eigenvalue weighted by molar-refractivity contribution is -0.117. The number of rotatable bonds is 4. The number of benzene rings is 1. The number of hydrogen-bond donors (Lipinski definition) is 2. The Morgan fingerprint density at radius 1 is 1.50 bits per heavy atom. The van der Waals surface area contributed by atoms with Crippen molar-refractivity contribution in [3.05, 3.63) is 24.0 Å². The minimum atomic E-state index is -0.321. The van der Waals surface area contributed by atoms with Crippen molar-refractivity contribution < 1.29 is 9.18 Å². The highest BCUT2D eigenvalue weighted by Gasteiger charge is 2.22. The molecule has 0 radical (unpaired) electrons. The zero-order valence-corrected chi connectivity index (χ0v) is 12.2. The highest BCUT2D eigenvalue weighted by Crippen LogP contribution is 2.23. The lowest BCUT2D eigenvalue weighted by Crippen LogP contribution is -2.35. The molecule has 1 amide bonds. The molecule has 1 heterocycles. The van der Waals surface area contributed by atoms with E-state index in [9.17, 15) is 9.18 Å². The van der Waals surface area contributed by atoms with Gasteiger partial charge in [-0.25, -0.2) is 4.39 Å². The predicted molar refractivity (Wildman–Crippen MR) is 79.6 cm³/mol. The molecule has 1 aromatic rings. The van der Waals surface area contributed by atoms with Crippen molar-refractivity contribution in [3.8, 4) is 0 Å². The van der Waals surface area contributed by atoms with Crippen LogP contribution in [0.1, 0.15) is 26.7 Å². The van der Waals surface area contributed by atoms with E-state index in [4.69, 9.17) is 0 Å². The zero-order valence-electron chi connectivity index (χ0n) is 12.2. The second-order valence-corrected chi connectivity index (χ2v) is 5.51. The molecule has 1 atom stereocenters. The van der Waals surface area contributed by atoms with Gasteiger partial charge in [-0.3, -0.25) is 4.79 Å². The molecule has 1 fully saturated rings. The molecule has 4 nitrogen and oxygen atoms in total. The van der Waals surface area contributed by atoms with Crippen LogP contribution in [0.4, 0.5) is 15.8 Å². The third-order valence-electron chi connectivity index (χ3n) is 3.75. The molecule has 0 spiro atoms. The maximum Gasteiger partial charge on any atom is 0.241 e. The van der Waals surface area contributed by atoms with Crippen molar-refractivity contribution in [1.82, 2.24) is 5.32 Å². The Kier molecular flexibility index (Phi) is 4.60. The first-order valence-corrected chi connectivity index (χ1v) is 7.05. The molecule has 0 aromatic heterocycles. The van der Waals surface area contributed by atoms with Crippen LogP contribution >= 0.6 is 0 Å². The van der Waals surface area contributed by atoms with Gasteiger partial charge in [0.2, 0.25) is 5.91 Å². The van der Waals surface area contributed by atoms with Gasteiger partial charge in [-0.1, -0.05) is 0 Å². The van der Waals surface area contributed by atoms with Crippen molar-refractivity contribution >= 4 is 17.3 Å². The van der Waals surface area contributed by atoms with Crippen molar-refractivity contribution in [3.63, 3.8) is 0 Å². The average molecular weight is 279 g/mol. The summed E-state index contributed by atoms with van der Waals surface area (Å²) in [5.74, 6) is -0.412. The number of nitrogens with zero attached hydrogens (tertiary/aromatic N) is 1. The fourth-order valence-corrected chi connectivity index (χ4v) is 2.29. The van der Waals surface area contributed by atoms with E-state index < -0.39 is 0 Å². The van der Waals surface area contributed by atoms with Crippen LogP contribution in [0, 0.1) is 5.82 Å². The molecule has 1 aliphatic rings. The number of halogens is 1. The van der Waals surface area contributed by atoms with Gasteiger partial charge in [0.15, 0.2) is 0 Å². The summed E-state index contributed by atoms with van der Waals surface area (Å²) in [5, 5.41) is 5.88. The zero-order chi connectivity index (χ0) is 14.7. The fraction of sp³-hybridized carbons (Fsp3) is 0.533. The molecular formula is C15H22FN3O. The maximum absolute atomic E-state index is 14.1. The van der Waals surface area contributed by atoms with Crippen molar-refractivity contribution in [2.45, 2.75) is 38.8 Å². The summed E-state index contributed by atoms with van der Waals surface area (Å²) in [6, 6.07) is 4.88. The normalized spacial score (nSPS) is 18.4. The molecule has 0 bridgehead atoms. The molecule has 0 unspecified atom stereocenters. The topological polar surface area (TPSA) is 44.4 Å². The largest absolute Gasteiger partial charge is 0.370 e. The average Bonchev–Trinajstić information content (AvgIpc) is 2.92. The first-order valence-electron chi connectivity index (χ1n) is 7.05. The van der Waals surface area contributed by atoms with Gasteiger partial charge in [-0.15, -0.1) is 0 Å². The van der Waals surface area contributed by atoms with Crippen LogP contribution in [0.3, 0.4) is 0 Å². The van der Waals surface area contributed by atoms with Crippen LogP contribution in [-0.2, 0) is 4.79 Å².